The summed E-state index contributed by atoms with van der Waals surface area (Å²) in [4.78, 5) is 13.1. The SMILES string of the molecule is CCc1ccc(C(=O)Nc2cccc(COC(C)C)c2)cc1S(=O)(=O)N1CCOCC1. The van der Waals surface area contributed by atoms with Crippen LogP contribution in [-0.4, -0.2) is 51.0 Å². The highest BCUT2D eigenvalue weighted by atomic mass is 32.2. The van der Waals surface area contributed by atoms with Crippen LogP contribution in [0.25, 0.3) is 0 Å². The highest BCUT2D eigenvalue weighted by Crippen LogP contribution is 2.24. The van der Waals surface area contributed by atoms with E-state index in [0.717, 1.165) is 5.56 Å². The van der Waals surface area contributed by atoms with E-state index in [4.69, 9.17) is 9.47 Å². The molecule has 0 saturated carbocycles. The molecule has 31 heavy (non-hydrogen) atoms. The van der Waals surface area contributed by atoms with Crippen molar-refractivity contribution in [1.29, 1.82) is 0 Å². The van der Waals surface area contributed by atoms with Crippen molar-refractivity contribution in [2.45, 2.75) is 44.8 Å². The molecule has 1 heterocycles. The molecule has 168 valence electrons. The lowest BCUT2D eigenvalue weighted by Crippen LogP contribution is -2.41. The van der Waals surface area contributed by atoms with Gasteiger partial charge >= 0.3 is 0 Å². The normalized spacial score (nSPS) is 15.2. The van der Waals surface area contributed by atoms with Gasteiger partial charge in [0.05, 0.1) is 30.8 Å². The minimum atomic E-state index is -3.70. The van der Waals surface area contributed by atoms with E-state index in [1.54, 1.807) is 18.2 Å². The Morgan fingerprint density at radius 3 is 2.58 bits per heavy atom. The zero-order valence-corrected chi connectivity index (χ0v) is 19.1. The first-order valence-corrected chi connectivity index (χ1v) is 12.0. The lowest BCUT2D eigenvalue weighted by atomic mass is 10.1. The third-order valence-corrected chi connectivity index (χ3v) is 7.05. The number of benzene rings is 2. The predicted octanol–water partition coefficient (Wildman–Crippen LogP) is 3.45. The van der Waals surface area contributed by atoms with Crippen molar-refractivity contribution in [3.63, 3.8) is 0 Å². The van der Waals surface area contributed by atoms with Crippen LogP contribution < -0.4 is 5.32 Å². The molecule has 2 aromatic rings. The Balaban J connectivity index is 1.82. The molecule has 2 aromatic carbocycles. The van der Waals surface area contributed by atoms with E-state index in [1.165, 1.54) is 10.4 Å². The number of carbonyl (C=O) groups excluding carboxylic acids is 1. The van der Waals surface area contributed by atoms with Gasteiger partial charge < -0.3 is 14.8 Å². The Labute approximate surface area is 184 Å². The van der Waals surface area contributed by atoms with Crippen LogP contribution in [0.4, 0.5) is 5.69 Å². The Morgan fingerprint density at radius 2 is 1.90 bits per heavy atom. The van der Waals surface area contributed by atoms with Crippen molar-refractivity contribution >= 4 is 21.6 Å². The van der Waals surface area contributed by atoms with Crippen molar-refractivity contribution in [3.05, 3.63) is 59.2 Å². The third-order valence-electron chi connectivity index (χ3n) is 5.07. The van der Waals surface area contributed by atoms with Crippen molar-refractivity contribution in [3.8, 4) is 0 Å². The van der Waals surface area contributed by atoms with E-state index in [2.05, 4.69) is 5.32 Å². The molecule has 1 fully saturated rings. The molecule has 0 aromatic heterocycles. The summed E-state index contributed by atoms with van der Waals surface area (Å²) in [5.74, 6) is -0.358. The number of morpholine rings is 1. The van der Waals surface area contributed by atoms with Gasteiger partial charge in [0.15, 0.2) is 0 Å². The predicted molar refractivity (Wildman–Crippen MR) is 120 cm³/mol. The first-order chi connectivity index (χ1) is 14.8. The van der Waals surface area contributed by atoms with E-state index in [9.17, 15) is 13.2 Å². The summed E-state index contributed by atoms with van der Waals surface area (Å²) in [5.41, 5.74) is 2.57. The van der Waals surface area contributed by atoms with Crippen LogP contribution in [-0.2, 0) is 32.5 Å². The van der Waals surface area contributed by atoms with E-state index in [1.807, 2.05) is 39.0 Å². The molecule has 0 radical (unpaired) electrons. The smallest absolute Gasteiger partial charge is 0.255 e. The minimum absolute atomic E-state index is 0.113. The number of anilines is 1. The van der Waals surface area contributed by atoms with E-state index in [-0.39, 0.29) is 16.9 Å². The molecule has 1 N–H and O–H groups in total. The number of nitrogens with one attached hydrogen (secondary N) is 1. The van der Waals surface area contributed by atoms with E-state index >= 15 is 0 Å². The lowest BCUT2D eigenvalue weighted by Gasteiger charge is -2.27. The Bertz CT molecular complexity index is 1010. The molecule has 1 aliphatic rings. The van der Waals surface area contributed by atoms with Gasteiger partial charge in [-0.3, -0.25) is 4.79 Å². The summed E-state index contributed by atoms with van der Waals surface area (Å²) in [6, 6.07) is 12.3. The largest absolute Gasteiger partial charge is 0.379 e. The fourth-order valence-corrected chi connectivity index (χ4v) is 5.09. The summed E-state index contributed by atoms with van der Waals surface area (Å²) >= 11 is 0. The van der Waals surface area contributed by atoms with Crippen LogP contribution in [0.1, 0.15) is 42.3 Å². The molecular weight excluding hydrogens is 416 g/mol. The van der Waals surface area contributed by atoms with Crippen molar-refractivity contribution in [2.24, 2.45) is 0 Å². The highest BCUT2D eigenvalue weighted by molar-refractivity contribution is 7.89. The fourth-order valence-electron chi connectivity index (χ4n) is 3.36. The maximum absolute atomic E-state index is 13.2. The molecular formula is C23H30N2O5S. The average molecular weight is 447 g/mol. The molecule has 0 aliphatic carbocycles. The monoisotopic (exact) mass is 446 g/mol. The molecule has 0 unspecified atom stereocenters. The summed E-state index contributed by atoms with van der Waals surface area (Å²) in [6.07, 6.45) is 0.667. The fraction of sp³-hybridized carbons (Fsp3) is 0.435. The first kappa shape index (κ1) is 23.4. The topological polar surface area (TPSA) is 84.9 Å². The van der Waals surface area contributed by atoms with E-state index < -0.39 is 10.0 Å². The van der Waals surface area contributed by atoms with Crippen molar-refractivity contribution < 1.29 is 22.7 Å². The van der Waals surface area contributed by atoms with Gasteiger partial charge in [-0.05, 0) is 55.7 Å². The minimum Gasteiger partial charge on any atom is -0.379 e. The first-order valence-electron chi connectivity index (χ1n) is 10.5. The molecule has 1 aliphatic heterocycles. The standard InChI is InChI=1S/C23H30N2O5S/c1-4-19-8-9-20(15-22(19)31(27,28)25-10-12-29-13-11-25)23(26)24-21-7-5-6-18(14-21)16-30-17(2)3/h5-9,14-15,17H,4,10-13,16H2,1-3H3,(H,24,26). The van der Waals surface area contributed by atoms with Gasteiger partial charge in [0.2, 0.25) is 10.0 Å². The van der Waals surface area contributed by atoms with Crippen LogP contribution in [0.5, 0.6) is 0 Å². The molecule has 7 nitrogen and oxygen atoms in total. The summed E-state index contributed by atoms with van der Waals surface area (Å²) < 4.78 is 38.7. The molecule has 8 heteroatoms. The number of sulfonamides is 1. The quantitative estimate of drug-likeness (QED) is 0.671. The third kappa shape index (κ3) is 5.92. The van der Waals surface area contributed by atoms with Crippen molar-refractivity contribution in [2.75, 3.05) is 31.6 Å². The van der Waals surface area contributed by atoms with Crippen LogP contribution in [0, 0.1) is 0 Å². The molecule has 3 rings (SSSR count). The maximum atomic E-state index is 13.2. The number of nitrogens with zero attached hydrogens (tertiary/aromatic N) is 1. The molecule has 1 amide bonds. The number of ether oxygens (including phenoxy) is 2. The Hall–Kier alpha value is -2.26. The number of aryl methyl sites for hydroxylation is 1. The molecule has 1 saturated heterocycles. The van der Waals surface area contributed by atoms with Crippen molar-refractivity contribution in [1.82, 2.24) is 4.31 Å². The summed E-state index contributed by atoms with van der Waals surface area (Å²) in [7, 11) is -3.70. The van der Waals surface area contributed by atoms with Crippen LogP contribution in [0.2, 0.25) is 0 Å². The Morgan fingerprint density at radius 1 is 1.16 bits per heavy atom. The average Bonchev–Trinajstić information content (AvgIpc) is 2.78. The highest BCUT2D eigenvalue weighted by Gasteiger charge is 2.29. The van der Waals surface area contributed by atoms with Gasteiger partial charge in [0.1, 0.15) is 0 Å². The van der Waals surface area contributed by atoms with E-state index in [0.29, 0.717) is 56.1 Å². The zero-order valence-electron chi connectivity index (χ0n) is 18.3. The second-order valence-corrected chi connectivity index (χ2v) is 9.61. The summed E-state index contributed by atoms with van der Waals surface area (Å²) in [6.45, 7) is 7.66. The van der Waals surface area contributed by atoms with Gasteiger partial charge in [-0.2, -0.15) is 4.31 Å². The Kier molecular flexibility index (Phi) is 7.83. The van der Waals surface area contributed by atoms with Gasteiger partial charge in [0.25, 0.3) is 5.91 Å². The number of rotatable bonds is 8. The lowest BCUT2D eigenvalue weighted by molar-refractivity contribution is 0.0657. The molecule has 0 atom stereocenters. The number of carbonyl (C=O) groups is 1. The maximum Gasteiger partial charge on any atom is 0.255 e. The van der Waals surface area contributed by atoms with Gasteiger partial charge in [0, 0.05) is 24.3 Å². The summed E-state index contributed by atoms with van der Waals surface area (Å²) in [5, 5.41) is 2.86. The van der Waals surface area contributed by atoms with Gasteiger partial charge in [-0.1, -0.05) is 25.1 Å². The van der Waals surface area contributed by atoms with Crippen LogP contribution in [0.3, 0.4) is 0 Å². The van der Waals surface area contributed by atoms with Gasteiger partial charge in [-0.15, -0.1) is 0 Å². The zero-order chi connectivity index (χ0) is 22.4. The molecule has 0 bridgehead atoms. The second kappa shape index (κ2) is 10.4. The van der Waals surface area contributed by atoms with Crippen LogP contribution in [0.15, 0.2) is 47.4 Å². The number of hydrogen-bond acceptors (Lipinski definition) is 5. The van der Waals surface area contributed by atoms with Gasteiger partial charge in [-0.25, -0.2) is 8.42 Å². The molecule has 0 spiro atoms. The van der Waals surface area contributed by atoms with Crippen LogP contribution >= 0.6 is 0 Å². The number of amides is 1. The number of hydrogen-bond donors (Lipinski definition) is 1. The second-order valence-electron chi connectivity index (χ2n) is 7.71.